The Labute approximate surface area is 133 Å². The van der Waals surface area contributed by atoms with Crippen molar-refractivity contribution in [3.8, 4) is 0 Å². The molecule has 0 aliphatic carbocycles. The molecule has 0 heterocycles. The fourth-order valence-corrected chi connectivity index (χ4v) is 2.58. The Balaban J connectivity index is 1.97. The minimum atomic E-state index is -0.479. The van der Waals surface area contributed by atoms with Crippen molar-refractivity contribution < 1.29 is 13.6 Å². The number of carbonyl (C=O) groups is 1. The molecule has 2 aromatic carbocycles. The molecule has 7 heteroatoms. The molecule has 0 unspecified atom stereocenters. The van der Waals surface area contributed by atoms with Crippen molar-refractivity contribution in [2.75, 3.05) is 17.2 Å². The minimum absolute atomic E-state index is 0.0681. The molecule has 0 spiro atoms. The molecule has 0 aromatic heterocycles. The molecule has 3 nitrogen and oxygen atoms in total. The van der Waals surface area contributed by atoms with Crippen LogP contribution in [0, 0.1) is 11.6 Å². The Hall–Kier alpha value is -1.66. The third-order valence-corrected chi connectivity index (χ3v) is 3.48. The molecule has 2 aromatic rings. The fraction of sp³-hybridized carbons (Fsp3) is 0.0714. The highest BCUT2D eigenvalue weighted by molar-refractivity contribution is 9.10. The summed E-state index contributed by atoms with van der Waals surface area (Å²) in [5.41, 5.74) is 0.903. The van der Waals surface area contributed by atoms with Crippen LogP contribution in [0.1, 0.15) is 0 Å². The topological polar surface area (TPSA) is 41.1 Å². The van der Waals surface area contributed by atoms with E-state index in [1.54, 1.807) is 0 Å². The van der Waals surface area contributed by atoms with Gasteiger partial charge < -0.3 is 10.6 Å². The molecule has 2 N–H and O–H groups in total. The minimum Gasteiger partial charge on any atom is -0.374 e. The molecule has 1 amide bonds. The first kappa shape index (κ1) is 15.7. The molecular formula is C14H10BrClF2N2O. The Morgan fingerprint density at radius 2 is 1.81 bits per heavy atom. The molecule has 0 aliphatic rings. The van der Waals surface area contributed by atoms with Gasteiger partial charge in [-0.1, -0.05) is 11.6 Å². The van der Waals surface area contributed by atoms with E-state index in [1.165, 1.54) is 30.3 Å². The van der Waals surface area contributed by atoms with Gasteiger partial charge in [-0.05, 0) is 52.3 Å². The van der Waals surface area contributed by atoms with Crippen molar-refractivity contribution in [1.29, 1.82) is 0 Å². The number of hydrogen-bond acceptors (Lipinski definition) is 2. The van der Waals surface area contributed by atoms with Gasteiger partial charge >= 0.3 is 0 Å². The number of rotatable bonds is 4. The van der Waals surface area contributed by atoms with Crippen LogP contribution in [0.4, 0.5) is 20.2 Å². The van der Waals surface area contributed by atoms with Crippen LogP contribution in [0.5, 0.6) is 0 Å². The van der Waals surface area contributed by atoms with Crippen molar-refractivity contribution in [3.63, 3.8) is 0 Å². The second-order valence-corrected chi connectivity index (χ2v) is 5.41. The van der Waals surface area contributed by atoms with Gasteiger partial charge in [-0.15, -0.1) is 0 Å². The van der Waals surface area contributed by atoms with Crippen LogP contribution in [0.3, 0.4) is 0 Å². The maximum Gasteiger partial charge on any atom is 0.243 e. The zero-order valence-electron chi connectivity index (χ0n) is 10.6. The summed E-state index contributed by atoms with van der Waals surface area (Å²) in [5.74, 6) is -1.20. The van der Waals surface area contributed by atoms with Gasteiger partial charge in [0, 0.05) is 10.2 Å². The summed E-state index contributed by atoms with van der Waals surface area (Å²) in [7, 11) is 0. The van der Waals surface area contributed by atoms with Crippen molar-refractivity contribution in [1.82, 2.24) is 0 Å². The lowest BCUT2D eigenvalue weighted by Gasteiger charge is -2.11. The number of carbonyl (C=O) groups excluding carboxylic acids is 1. The molecule has 0 aliphatic heterocycles. The summed E-state index contributed by atoms with van der Waals surface area (Å²) < 4.78 is 26.2. The molecule has 0 saturated carbocycles. The molecule has 0 radical (unpaired) electrons. The Morgan fingerprint density at radius 3 is 2.43 bits per heavy atom. The number of anilines is 2. The molecule has 0 saturated heterocycles. The van der Waals surface area contributed by atoms with E-state index in [1.807, 2.05) is 0 Å². The summed E-state index contributed by atoms with van der Waals surface area (Å²) >= 11 is 9.05. The van der Waals surface area contributed by atoms with Crippen molar-refractivity contribution in [2.24, 2.45) is 0 Å². The van der Waals surface area contributed by atoms with Gasteiger partial charge in [0.15, 0.2) is 0 Å². The highest BCUT2D eigenvalue weighted by atomic mass is 79.9. The first-order valence-electron chi connectivity index (χ1n) is 5.89. The van der Waals surface area contributed by atoms with Crippen LogP contribution in [-0.2, 0) is 4.79 Å². The third kappa shape index (κ3) is 4.41. The lowest BCUT2D eigenvalue weighted by atomic mass is 10.3. The van der Waals surface area contributed by atoms with Crippen molar-refractivity contribution in [2.45, 2.75) is 0 Å². The van der Waals surface area contributed by atoms with Gasteiger partial charge in [0.05, 0.1) is 17.3 Å². The summed E-state index contributed by atoms with van der Waals surface area (Å²) in [6.45, 7) is -0.0681. The van der Waals surface area contributed by atoms with Gasteiger partial charge in [-0.25, -0.2) is 8.78 Å². The van der Waals surface area contributed by atoms with Crippen LogP contribution in [0.15, 0.2) is 40.9 Å². The first-order chi connectivity index (χ1) is 9.95. The number of amides is 1. The predicted octanol–water partition coefficient (Wildman–Crippen LogP) is 4.43. The molecule has 0 atom stereocenters. The number of halogens is 4. The molecule has 110 valence electrons. The predicted molar refractivity (Wildman–Crippen MR) is 82.6 cm³/mol. The summed E-state index contributed by atoms with van der Waals surface area (Å²) in [5, 5.41) is 5.56. The van der Waals surface area contributed by atoms with Crippen LogP contribution in [0.2, 0.25) is 5.02 Å². The van der Waals surface area contributed by atoms with E-state index in [9.17, 15) is 13.6 Å². The van der Waals surface area contributed by atoms with Crippen LogP contribution >= 0.6 is 27.5 Å². The maximum atomic E-state index is 13.1. The van der Waals surface area contributed by atoms with E-state index in [-0.39, 0.29) is 23.3 Å². The average Bonchev–Trinajstić information content (AvgIpc) is 2.40. The van der Waals surface area contributed by atoms with Gasteiger partial charge in [-0.3, -0.25) is 4.79 Å². The first-order valence-corrected chi connectivity index (χ1v) is 7.06. The maximum absolute atomic E-state index is 13.1. The van der Waals surface area contributed by atoms with Gasteiger partial charge in [-0.2, -0.15) is 0 Å². The molecule has 21 heavy (non-hydrogen) atoms. The Morgan fingerprint density at radius 1 is 1.14 bits per heavy atom. The van der Waals surface area contributed by atoms with Gasteiger partial charge in [0.1, 0.15) is 11.6 Å². The molecule has 0 fully saturated rings. The summed E-state index contributed by atoms with van der Waals surface area (Å²) in [4.78, 5) is 11.8. The zero-order valence-corrected chi connectivity index (χ0v) is 12.9. The fourth-order valence-electron chi connectivity index (χ4n) is 1.62. The van der Waals surface area contributed by atoms with Crippen LogP contribution in [-0.4, -0.2) is 12.5 Å². The largest absolute Gasteiger partial charge is 0.374 e. The van der Waals surface area contributed by atoms with E-state index in [2.05, 4.69) is 26.6 Å². The van der Waals surface area contributed by atoms with E-state index in [4.69, 9.17) is 11.6 Å². The SMILES string of the molecule is O=C(CNc1c(Cl)cc(F)cc1Br)Nc1ccc(F)cc1. The second kappa shape index (κ2) is 6.87. The van der Waals surface area contributed by atoms with E-state index in [0.717, 1.165) is 6.07 Å². The normalized spacial score (nSPS) is 10.3. The van der Waals surface area contributed by atoms with Crippen LogP contribution in [0.25, 0.3) is 0 Å². The molecule has 2 rings (SSSR count). The zero-order chi connectivity index (χ0) is 15.4. The smallest absolute Gasteiger partial charge is 0.243 e. The Bertz CT molecular complexity index is 642. The monoisotopic (exact) mass is 374 g/mol. The summed E-state index contributed by atoms with van der Waals surface area (Å²) in [6.07, 6.45) is 0. The molecular weight excluding hydrogens is 366 g/mol. The van der Waals surface area contributed by atoms with Crippen LogP contribution < -0.4 is 10.6 Å². The third-order valence-electron chi connectivity index (χ3n) is 2.56. The quantitative estimate of drug-likeness (QED) is 0.830. The Kier molecular flexibility index (Phi) is 5.14. The number of nitrogens with one attached hydrogen (secondary N) is 2. The highest BCUT2D eigenvalue weighted by Gasteiger charge is 2.10. The lowest BCUT2D eigenvalue weighted by molar-refractivity contribution is -0.114. The summed E-state index contributed by atoms with van der Waals surface area (Å²) in [6, 6.07) is 7.79. The van der Waals surface area contributed by atoms with E-state index >= 15 is 0 Å². The lowest BCUT2D eigenvalue weighted by Crippen LogP contribution is -2.22. The second-order valence-electron chi connectivity index (χ2n) is 4.15. The van der Waals surface area contributed by atoms with Crippen molar-refractivity contribution >= 4 is 44.8 Å². The van der Waals surface area contributed by atoms with E-state index < -0.39 is 5.82 Å². The number of hydrogen-bond donors (Lipinski definition) is 2. The number of benzene rings is 2. The van der Waals surface area contributed by atoms with Gasteiger partial charge in [0.25, 0.3) is 0 Å². The highest BCUT2D eigenvalue weighted by Crippen LogP contribution is 2.31. The van der Waals surface area contributed by atoms with Crippen molar-refractivity contribution in [3.05, 3.63) is 57.5 Å². The standard InChI is InChI=1S/C14H10BrClF2N2O/c15-11-5-9(18)6-12(16)14(11)19-7-13(21)20-10-3-1-8(17)2-4-10/h1-6,19H,7H2,(H,20,21). The molecule has 0 bridgehead atoms. The van der Waals surface area contributed by atoms with E-state index in [0.29, 0.717) is 15.8 Å². The van der Waals surface area contributed by atoms with Gasteiger partial charge in [0.2, 0.25) is 5.91 Å². The average molecular weight is 376 g/mol.